The van der Waals surface area contributed by atoms with Crippen LogP contribution in [0.15, 0.2) is 42.7 Å². The lowest BCUT2D eigenvalue weighted by Crippen LogP contribution is -2.55. The molecular formula is C34H41N7. The molecule has 0 amide bonds. The number of hydrogen-bond donors (Lipinski definition) is 1. The zero-order valence-corrected chi connectivity index (χ0v) is 24.4. The lowest BCUT2D eigenvalue weighted by molar-refractivity contribution is -0.0611. The zero-order chi connectivity index (χ0) is 27.6. The minimum Gasteiger partial charge on any atom is -0.341 e. The van der Waals surface area contributed by atoms with Crippen molar-refractivity contribution in [3.63, 3.8) is 0 Å². The van der Waals surface area contributed by atoms with E-state index in [-0.39, 0.29) is 6.04 Å². The van der Waals surface area contributed by atoms with Gasteiger partial charge in [0.15, 0.2) is 5.65 Å². The van der Waals surface area contributed by atoms with Gasteiger partial charge in [-0.25, -0.2) is 9.97 Å². The predicted molar refractivity (Wildman–Crippen MR) is 163 cm³/mol. The van der Waals surface area contributed by atoms with E-state index in [1.54, 1.807) is 0 Å². The molecule has 2 saturated carbocycles. The maximum absolute atomic E-state index is 4.97. The van der Waals surface area contributed by atoms with Gasteiger partial charge in [0.05, 0.1) is 11.7 Å². The van der Waals surface area contributed by atoms with Gasteiger partial charge >= 0.3 is 0 Å². The lowest BCUT2D eigenvalue weighted by Gasteiger charge is -2.58. The van der Waals surface area contributed by atoms with Crippen LogP contribution in [0.1, 0.15) is 92.6 Å². The fraction of sp³-hybridized carbons (Fsp3) is 0.529. The van der Waals surface area contributed by atoms with Crippen molar-refractivity contribution in [3.8, 4) is 11.3 Å². The van der Waals surface area contributed by atoms with Gasteiger partial charge in [0.25, 0.3) is 0 Å². The average molecular weight is 548 g/mol. The molecule has 8 rings (SSSR count). The highest BCUT2D eigenvalue weighted by molar-refractivity contribution is 5.86. The Kier molecular flexibility index (Phi) is 6.13. The molecule has 1 atom stereocenters. The van der Waals surface area contributed by atoms with Gasteiger partial charge in [-0.3, -0.25) is 0 Å². The van der Waals surface area contributed by atoms with Gasteiger partial charge in [-0.15, -0.1) is 10.2 Å². The molecule has 41 heavy (non-hydrogen) atoms. The molecular weight excluding hydrogens is 506 g/mol. The van der Waals surface area contributed by atoms with Crippen LogP contribution in [0.2, 0.25) is 0 Å². The first-order valence-electron chi connectivity index (χ1n) is 15.9. The topological polar surface area (TPSA) is 73.8 Å². The SMILES string of the molecule is CC[C@@H]1c2c([nH]c3nnc(-c4ccccc4C)cc23)CCN1c1ncc(C2CCN(C3CC4(CCC4)C3)CC2)cn1. The number of aromatic amines is 1. The fourth-order valence-electron chi connectivity index (χ4n) is 8.41. The number of rotatable bonds is 5. The summed E-state index contributed by atoms with van der Waals surface area (Å²) in [5.74, 6) is 1.43. The summed E-state index contributed by atoms with van der Waals surface area (Å²) in [6.07, 6.45) is 16.0. The van der Waals surface area contributed by atoms with E-state index in [0.29, 0.717) is 5.92 Å². The summed E-state index contributed by atoms with van der Waals surface area (Å²) in [6, 6.07) is 11.7. The molecule has 2 aliphatic heterocycles. The Labute approximate surface area is 242 Å². The zero-order valence-electron chi connectivity index (χ0n) is 24.4. The third-order valence-corrected chi connectivity index (χ3v) is 11.0. The third-order valence-electron chi connectivity index (χ3n) is 11.0. The molecule has 7 heteroatoms. The highest BCUT2D eigenvalue weighted by atomic mass is 15.3. The molecule has 5 heterocycles. The number of benzene rings is 1. The summed E-state index contributed by atoms with van der Waals surface area (Å²) in [6.45, 7) is 7.76. The van der Waals surface area contributed by atoms with E-state index in [1.165, 1.54) is 85.8 Å². The van der Waals surface area contributed by atoms with Crippen LogP contribution < -0.4 is 4.90 Å². The Morgan fingerprint density at radius 2 is 1.78 bits per heavy atom. The van der Waals surface area contributed by atoms with E-state index in [9.17, 15) is 0 Å². The van der Waals surface area contributed by atoms with E-state index < -0.39 is 0 Å². The molecule has 2 aliphatic carbocycles. The molecule has 7 nitrogen and oxygen atoms in total. The van der Waals surface area contributed by atoms with E-state index in [2.05, 4.69) is 81.6 Å². The first kappa shape index (κ1) is 25.4. The summed E-state index contributed by atoms with van der Waals surface area (Å²) in [4.78, 5) is 18.7. The molecule has 0 bridgehead atoms. The molecule has 0 radical (unpaired) electrons. The van der Waals surface area contributed by atoms with Gasteiger partial charge < -0.3 is 14.8 Å². The second-order valence-corrected chi connectivity index (χ2v) is 13.2. The number of fused-ring (bicyclic) bond motifs is 3. The van der Waals surface area contributed by atoms with E-state index >= 15 is 0 Å². The Morgan fingerprint density at radius 1 is 1.00 bits per heavy atom. The van der Waals surface area contributed by atoms with Crippen LogP contribution in [-0.2, 0) is 6.42 Å². The van der Waals surface area contributed by atoms with Crippen LogP contribution in [0.5, 0.6) is 0 Å². The van der Waals surface area contributed by atoms with E-state index in [0.717, 1.165) is 53.7 Å². The predicted octanol–water partition coefficient (Wildman–Crippen LogP) is 6.75. The molecule has 4 aliphatic rings. The van der Waals surface area contributed by atoms with Crippen LogP contribution in [0.3, 0.4) is 0 Å². The summed E-state index contributed by atoms with van der Waals surface area (Å²) in [5.41, 5.74) is 8.83. The van der Waals surface area contributed by atoms with Gasteiger partial charge in [-0.1, -0.05) is 37.6 Å². The standard InChI is InChI=1S/C34H41N7/c1-3-30-31-27-17-29(26-8-5-4-7-22(26)2)38-39-32(27)37-28(31)11-16-41(30)33-35-20-24(21-36-33)23-9-14-40(15-10-23)25-18-34(19-25)12-6-13-34/h4-5,7-8,17,20-21,23,25,30H,3,6,9-16,18-19H2,1-2H3,(H,37,39)/t30-/m1/s1. The Balaban J connectivity index is 0.998. The van der Waals surface area contributed by atoms with Crippen LogP contribution in [0, 0.1) is 12.3 Å². The first-order valence-corrected chi connectivity index (χ1v) is 15.9. The van der Waals surface area contributed by atoms with Gasteiger partial charge in [-0.05, 0) is 93.5 Å². The minimum absolute atomic E-state index is 0.206. The number of aryl methyl sites for hydroxylation is 1. The molecule has 4 aromatic rings. The maximum Gasteiger partial charge on any atom is 0.225 e. The first-order chi connectivity index (χ1) is 20.1. The van der Waals surface area contributed by atoms with Crippen LogP contribution in [0.4, 0.5) is 5.95 Å². The molecule has 1 saturated heterocycles. The largest absolute Gasteiger partial charge is 0.341 e. The smallest absolute Gasteiger partial charge is 0.225 e. The molecule has 1 aromatic carbocycles. The Morgan fingerprint density at radius 3 is 2.49 bits per heavy atom. The quantitative estimate of drug-likeness (QED) is 0.298. The molecule has 3 fully saturated rings. The fourth-order valence-corrected chi connectivity index (χ4v) is 8.41. The number of anilines is 1. The number of likely N-dealkylation sites (tertiary alicyclic amines) is 1. The maximum atomic E-state index is 4.97. The molecule has 1 spiro atoms. The summed E-state index contributed by atoms with van der Waals surface area (Å²) < 4.78 is 0. The van der Waals surface area contributed by atoms with Crippen molar-refractivity contribution in [1.29, 1.82) is 0 Å². The van der Waals surface area contributed by atoms with Crippen molar-refractivity contribution in [1.82, 2.24) is 30.0 Å². The molecule has 1 N–H and O–H groups in total. The van der Waals surface area contributed by atoms with Gasteiger partial charge in [0.1, 0.15) is 0 Å². The van der Waals surface area contributed by atoms with Crippen molar-refractivity contribution < 1.29 is 0 Å². The molecule has 212 valence electrons. The van der Waals surface area contributed by atoms with Crippen molar-refractivity contribution in [2.45, 2.75) is 89.6 Å². The average Bonchev–Trinajstić information content (AvgIpc) is 3.34. The number of nitrogens with one attached hydrogen (secondary N) is 1. The highest BCUT2D eigenvalue weighted by Gasteiger charge is 2.50. The monoisotopic (exact) mass is 547 g/mol. The summed E-state index contributed by atoms with van der Waals surface area (Å²) in [7, 11) is 0. The van der Waals surface area contributed by atoms with Crippen molar-refractivity contribution >= 4 is 17.0 Å². The number of nitrogens with zero attached hydrogens (tertiary/aromatic N) is 6. The highest BCUT2D eigenvalue weighted by Crippen LogP contribution is 2.57. The Bertz CT molecular complexity index is 1550. The third kappa shape index (κ3) is 4.27. The number of hydrogen-bond acceptors (Lipinski definition) is 6. The number of H-pyrrole nitrogens is 1. The molecule has 0 unspecified atom stereocenters. The van der Waals surface area contributed by atoms with Crippen molar-refractivity contribution in [2.24, 2.45) is 5.41 Å². The van der Waals surface area contributed by atoms with E-state index in [1.807, 2.05) is 0 Å². The second kappa shape index (κ2) is 9.90. The van der Waals surface area contributed by atoms with Gasteiger partial charge in [0, 0.05) is 53.6 Å². The second-order valence-electron chi connectivity index (χ2n) is 13.2. The minimum atomic E-state index is 0.206. The number of aromatic nitrogens is 5. The van der Waals surface area contributed by atoms with Crippen LogP contribution in [-0.4, -0.2) is 55.7 Å². The Hall–Kier alpha value is -3.32. The van der Waals surface area contributed by atoms with E-state index in [4.69, 9.17) is 9.97 Å². The molecule has 3 aromatic heterocycles. The summed E-state index contributed by atoms with van der Waals surface area (Å²) >= 11 is 0. The van der Waals surface area contributed by atoms with Crippen molar-refractivity contribution in [3.05, 3.63) is 65.1 Å². The normalized spacial score (nSPS) is 23.0. The van der Waals surface area contributed by atoms with Gasteiger partial charge in [0.2, 0.25) is 5.95 Å². The lowest BCUT2D eigenvalue weighted by atomic mass is 9.53. The van der Waals surface area contributed by atoms with Crippen LogP contribution >= 0.6 is 0 Å². The summed E-state index contributed by atoms with van der Waals surface area (Å²) in [5, 5.41) is 10.4. The van der Waals surface area contributed by atoms with Gasteiger partial charge in [-0.2, -0.15) is 0 Å². The van der Waals surface area contributed by atoms with Crippen molar-refractivity contribution in [2.75, 3.05) is 24.5 Å². The van der Waals surface area contributed by atoms with Crippen LogP contribution in [0.25, 0.3) is 22.3 Å². The number of piperidine rings is 1.